The molecule has 0 radical (unpaired) electrons. The van der Waals surface area contributed by atoms with Crippen molar-refractivity contribution in [3.05, 3.63) is 52.0 Å². The fourth-order valence-corrected chi connectivity index (χ4v) is 4.20. The van der Waals surface area contributed by atoms with E-state index in [1.165, 1.54) is 10.5 Å². The van der Waals surface area contributed by atoms with E-state index in [0.29, 0.717) is 23.7 Å². The van der Waals surface area contributed by atoms with E-state index in [9.17, 15) is 9.59 Å². The molecule has 2 heterocycles. The molecule has 2 aromatic rings. The average Bonchev–Trinajstić information content (AvgIpc) is 3.01. The number of ether oxygens (including phenoxy) is 2. The zero-order valence-electron chi connectivity index (χ0n) is 15.8. The van der Waals surface area contributed by atoms with Crippen molar-refractivity contribution in [3.63, 3.8) is 0 Å². The normalized spacial score (nSPS) is 19.7. The summed E-state index contributed by atoms with van der Waals surface area (Å²) in [5.41, 5.74) is 2.91. The van der Waals surface area contributed by atoms with Crippen LogP contribution in [0.1, 0.15) is 17.5 Å². The number of rotatable bonds is 4. The SMILES string of the molecule is COc1cc2c(cc1OC)CN([C@@H]1CC(=O)N(c3ccc(Br)cc3)C1=O)CC2. The van der Waals surface area contributed by atoms with Crippen LogP contribution in [0.15, 0.2) is 40.9 Å². The predicted octanol–water partition coefficient (Wildman–Crippen LogP) is 3.16. The molecule has 0 aliphatic carbocycles. The van der Waals surface area contributed by atoms with Gasteiger partial charge in [-0.15, -0.1) is 0 Å². The minimum Gasteiger partial charge on any atom is -0.493 e. The topological polar surface area (TPSA) is 59.1 Å². The third-order valence-corrected chi connectivity index (χ3v) is 5.92. The third-order valence-electron chi connectivity index (χ3n) is 5.40. The van der Waals surface area contributed by atoms with Crippen molar-refractivity contribution in [1.29, 1.82) is 0 Å². The molecule has 7 heteroatoms. The largest absolute Gasteiger partial charge is 0.493 e. The molecular formula is C21H21BrN2O4. The van der Waals surface area contributed by atoms with Gasteiger partial charge < -0.3 is 9.47 Å². The predicted molar refractivity (Wildman–Crippen MR) is 109 cm³/mol. The number of carbonyl (C=O) groups excluding carboxylic acids is 2. The first-order valence-corrected chi connectivity index (χ1v) is 9.91. The summed E-state index contributed by atoms with van der Waals surface area (Å²) in [5, 5.41) is 0. The van der Waals surface area contributed by atoms with Gasteiger partial charge in [0.2, 0.25) is 5.91 Å². The van der Waals surface area contributed by atoms with E-state index in [0.717, 1.165) is 23.0 Å². The minimum atomic E-state index is -0.433. The maximum absolute atomic E-state index is 13.0. The van der Waals surface area contributed by atoms with Gasteiger partial charge in [0.25, 0.3) is 5.91 Å². The Labute approximate surface area is 172 Å². The summed E-state index contributed by atoms with van der Waals surface area (Å²) < 4.78 is 11.7. The maximum Gasteiger partial charge on any atom is 0.251 e. The van der Waals surface area contributed by atoms with Crippen molar-refractivity contribution in [1.82, 2.24) is 4.90 Å². The van der Waals surface area contributed by atoms with Crippen LogP contribution in [0.25, 0.3) is 0 Å². The molecule has 1 atom stereocenters. The Morgan fingerprint density at radius 1 is 1.00 bits per heavy atom. The molecule has 2 aliphatic rings. The van der Waals surface area contributed by atoms with Gasteiger partial charge in [0.1, 0.15) is 0 Å². The molecule has 2 amide bonds. The van der Waals surface area contributed by atoms with Gasteiger partial charge in [0.05, 0.1) is 32.4 Å². The Balaban J connectivity index is 1.57. The lowest BCUT2D eigenvalue weighted by atomic mass is 9.97. The molecule has 28 heavy (non-hydrogen) atoms. The molecule has 0 spiro atoms. The highest BCUT2D eigenvalue weighted by atomic mass is 79.9. The molecule has 4 rings (SSSR count). The summed E-state index contributed by atoms with van der Waals surface area (Å²) in [6.07, 6.45) is 1.00. The lowest BCUT2D eigenvalue weighted by Gasteiger charge is -2.32. The first-order chi connectivity index (χ1) is 13.5. The first-order valence-electron chi connectivity index (χ1n) is 9.12. The number of nitrogens with zero attached hydrogens (tertiary/aromatic N) is 2. The Kier molecular flexibility index (Phi) is 5.12. The van der Waals surface area contributed by atoms with Crippen LogP contribution in [0.2, 0.25) is 0 Å². The van der Waals surface area contributed by atoms with Crippen molar-refractivity contribution in [2.45, 2.75) is 25.4 Å². The second-order valence-electron chi connectivity index (χ2n) is 6.96. The zero-order valence-corrected chi connectivity index (χ0v) is 17.4. The number of amides is 2. The molecule has 0 unspecified atom stereocenters. The van der Waals surface area contributed by atoms with E-state index in [1.54, 1.807) is 26.4 Å². The zero-order chi connectivity index (χ0) is 19.8. The second-order valence-corrected chi connectivity index (χ2v) is 7.88. The molecule has 2 aromatic carbocycles. The second kappa shape index (κ2) is 7.56. The molecule has 0 N–H and O–H groups in total. The molecule has 0 saturated carbocycles. The van der Waals surface area contributed by atoms with E-state index in [1.807, 2.05) is 24.3 Å². The van der Waals surface area contributed by atoms with Crippen molar-refractivity contribution in [3.8, 4) is 11.5 Å². The average molecular weight is 445 g/mol. The number of imide groups is 1. The Morgan fingerprint density at radius 2 is 1.64 bits per heavy atom. The van der Waals surface area contributed by atoms with Crippen LogP contribution in [0.5, 0.6) is 11.5 Å². The highest BCUT2D eigenvalue weighted by molar-refractivity contribution is 9.10. The first kappa shape index (κ1) is 19.0. The number of anilines is 1. The van der Waals surface area contributed by atoms with Crippen LogP contribution in [0.4, 0.5) is 5.69 Å². The van der Waals surface area contributed by atoms with Gasteiger partial charge >= 0.3 is 0 Å². The maximum atomic E-state index is 13.0. The van der Waals surface area contributed by atoms with Gasteiger partial charge in [-0.25, -0.2) is 4.90 Å². The molecule has 146 valence electrons. The van der Waals surface area contributed by atoms with Gasteiger partial charge in [-0.2, -0.15) is 0 Å². The quantitative estimate of drug-likeness (QED) is 0.677. The molecular weight excluding hydrogens is 424 g/mol. The smallest absolute Gasteiger partial charge is 0.251 e. The van der Waals surface area contributed by atoms with Crippen LogP contribution in [0, 0.1) is 0 Å². The van der Waals surface area contributed by atoms with Crippen LogP contribution in [0.3, 0.4) is 0 Å². The fraction of sp³-hybridized carbons (Fsp3) is 0.333. The summed E-state index contributed by atoms with van der Waals surface area (Å²) in [7, 11) is 3.24. The van der Waals surface area contributed by atoms with Crippen molar-refractivity contribution < 1.29 is 19.1 Å². The van der Waals surface area contributed by atoms with E-state index in [-0.39, 0.29) is 18.2 Å². The van der Waals surface area contributed by atoms with Gasteiger partial charge in [0.15, 0.2) is 11.5 Å². The number of hydrogen-bond donors (Lipinski definition) is 0. The van der Waals surface area contributed by atoms with Gasteiger partial charge in [-0.05, 0) is 53.9 Å². The van der Waals surface area contributed by atoms with Crippen molar-refractivity contribution >= 4 is 33.4 Å². The number of carbonyl (C=O) groups is 2. The van der Waals surface area contributed by atoms with E-state index in [2.05, 4.69) is 20.8 Å². The van der Waals surface area contributed by atoms with Crippen LogP contribution >= 0.6 is 15.9 Å². The van der Waals surface area contributed by atoms with Crippen LogP contribution < -0.4 is 14.4 Å². The van der Waals surface area contributed by atoms with E-state index in [4.69, 9.17) is 9.47 Å². The number of benzene rings is 2. The third kappa shape index (κ3) is 3.29. The van der Waals surface area contributed by atoms with Gasteiger partial charge in [-0.3, -0.25) is 14.5 Å². The number of hydrogen-bond acceptors (Lipinski definition) is 5. The summed E-state index contributed by atoms with van der Waals surface area (Å²) >= 11 is 3.38. The fourth-order valence-electron chi connectivity index (χ4n) is 3.93. The van der Waals surface area contributed by atoms with E-state index >= 15 is 0 Å². The summed E-state index contributed by atoms with van der Waals surface area (Å²) in [6, 6.07) is 10.8. The highest BCUT2D eigenvalue weighted by Gasteiger charge is 2.43. The van der Waals surface area contributed by atoms with Crippen molar-refractivity contribution in [2.75, 3.05) is 25.7 Å². The van der Waals surface area contributed by atoms with Gasteiger partial charge in [-0.1, -0.05) is 15.9 Å². The molecule has 0 aromatic heterocycles. The minimum absolute atomic E-state index is 0.156. The number of fused-ring (bicyclic) bond motifs is 1. The molecule has 1 saturated heterocycles. The lowest BCUT2D eigenvalue weighted by molar-refractivity contribution is -0.123. The molecule has 2 aliphatic heterocycles. The van der Waals surface area contributed by atoms with Crippen molar-refractivity contribution in [2.24, 2.45) is 0 Å². The summed E-state index contributed by atoms with van der Waals surface area (Å²) in [4.78, 5) is 29.0. The Hall–Kier alpha value is -2.38. The van der Waals surface area contributed by atoms with Gasteiger partial charge in [0, 0.05) is 17.6 Å². The number of methoxy groups -OCH3 is 2. The number of halogens is 1. The molecule has 6 nitrogen and oxygen atoms in total. The monoisotopic (exact) mass is 444 g/mol. The van der Waals surface area contributed by atoms with Crippen LogP contribution in [-0.4, -0.2) is 43.5 Å². The Morgan fingerprint density at radius 3 is 2.29 bits per heavy atom. The lowest BCUT2D eigenvalue weighted by Crippen LogP contribution is -2.44. The molecule has 0 bridgehead atoms. The summed E-state index contributed by atoms with van der Waals surface area (Å²) in [5.74, 6) is 1.07. The Bertz CT molecular complexity index is 929. The van der Waals surface area contributed by atoms with Crippen LogP contribution in [-0.2, 0) is 22.6 Å². The highest BCUT2D eigenvalue weighted by Crippen LogP contribution is 2.35. The van der Waals surface area contributed by atoms with E-state index < -0.39 is 6.04 Å². The standard InChI is InChI=1S/C21H21BrN2O4/c1-27-18-9-13-7-8-23(12-14(13)10-19(18)28-2)17-11-20(25)24(21(17)26)16-5-3-15(22)4-6-16/h3-6,9-10,17H,7-8,11-12H2,1-2H3/t17-/m1/s1. The molecule has 1 fully saturated rings. The summed E-state index contributed by atoms with van der Waals surface area (Å²) in [6.45, 7) is 1.33.